The van der Waals surface area contributed by atoms with Gasteiger partial charge in [-0.2, -0.15) is 0 Å². The van der Waals surface area contributed by atoms with Gasteiger partial charge in [-0.05, 0) is 38.0 Å². The van der Waals surface area contributed by atoms with Crippen LogP contribution in [0.1, 0.15) is 46.1 Å². The number of benzene rings is 1. The van der Waals surface area contributed by atoms with Gasteiger partial charge < -0.3 is 10.2 Å². The van der Waals surface area contributed by atoms with Crippen molar-refractivity contribution in [3.8, 4) is 0 Å². The van der Waals surface area contributed by atoms with E-state index in [2.05, 4.69) is 21.2 Å². The summed E-state index contributed by atoms with van der Waals surface area (Å²) in [7, 11) is 0. The molecular formula is C17H25BrN2O2. The lowest BCUT2D eigenvalue weighted by Crippen LogP contribution is -2.49. The fraction of sp³-hybridized carbons (Fsp3) is 0.529. The van der Waals surface area contributed by atoms with Gasteiger partial charge in [-0.3, -0.25) is 9.59 Å². The third-order valence-electron chi connectivity index (χ3n) is 3.71. The Kier molecular flexibility index (Phi) is 7.59. The van der Waals surface area contributed by atoms with E-state index >= 15 is 0 Å². The van der Waals surface area contributed by atoms with E-state index < -0.39 is 6.04 Å². The molecule has 0 aliphatic heterocycles. The molecule has 2 amide bonds. The van der Waals surface area contributed by atoms with Crippen molar-refractivity contribution in [2.75, 3.05) is 0 Å². The molecule has 0 heterocycles. The van der Waals surface area contributed by atoms with Gasteiger partial charge in [-0.25, -0.2) is 0 Å². The molecule has 0 bridgehead atoms. The molecule has 1 aromatic rings. The fourth-order valence-electron chi connectivity index (χ4n) is 2.08. The van der Waals surface area contributed by atoms with Gasteiger partial charge >= 0.3 is 0 Å². The molecule has 4 nitrogen and oxygen atoms in total. The van der Waals surface area contributed by atoms with E-state index in [1.54, 1.807) is 11.8 Å². The summed E-state index contributed by atoms with van der Waals surface area (Å²) in [6, 6.07) is 7.42. The number of nitrogens with one attached hydrogen (secondary N) is 1. The molecule has 0 saturated heterocycles. The van der Waals surface area contributed by atoms with Crippen molar-refractivity contribution in [2.24, 2.45) is 0 Å². The van der Waals surface area contributed by atoms with Gasteiger partial charge in [-0.15, -0.1) is 0 Å². The Balaban J connectivity index is 2.88. The summed E-state index contributed by atoms with van der Waals surface area (Å²) >= 11 is 3.43. The average molecular weight is 369 g/mol. The van der Waals surface area contributed by atoms with Gasteiger partial charge in [0, 0.05) is 23.5 Å². The highest BCUT2D eigenvalue weighted by molar-refractivity contribution is 9.10. The number of nitrogens with zero attached hydrogens (tertiary/aromatic N) is 1. The number of halogens is 1. The van der Waals surface area contributed by atoms with Crippen molar-refractivity contribution in [3.05, 3.63) is 34.3 Å². The predicted molar refractivity (Wildman–Crippen MR) is 92.3 cm³/mol. The predicted octanol–water partition coefficient (Wildman–Crippen LogP) is 3.49. The summed E-state index contributed by atoms with van der Waals surface area (Å²) in [6.07, 6.45) is 1.25. The molecule has 22 heavy (non-hydrogen) atoms. The summed E-state index contributed by atoms with van der Waals surface area (Å²) in [5.74, 6) is -0.127. The van der Waals surface area contributed by atoms with Crippen LogP contribution in [0.5, 0.6) is 0 Å². The number of amides is 2. The first-order valence-electron chi connectivity index (χ1n) is 7.73. The first-order chi connectivity index (χ1) is 10.4. The fourth-order valence-corrected chi connectivity index (χ4v) is 2.53. The largest absolute Gasteiger partial charge is 0.352 e. The monoisotopic (exact) mass is 368 g/mol. The van der Waals surface area contributed by atoms with Gasteiger partial charge in [0.05, 0.1) is 0 Å². The summed E-state index contributed by atoms with van der Waals surface area (Å²) in [6.45, 7) is 8.01. The molecule has 0 aliphatic rings. The second-order valence-corrected chi connectivity index (χ2v) is 6.41. The van der Waals surface area contributed by atoms with Crippen LogP contribution < -0.4 is 5.32 Å². The smallest absolute Gasteiger partial charge is 0.242 e. The maximum Gasteiger partial charge on any atom is 0.242 e. The molecule has 2 unspecified atom stereocenters. The van der Waals surface area contributed by atoms with Crippen molar-refractivity contribution in [1.82, 2.24) is 10.2 Å². The SMILES string of the molecule is CCC(=O)N(Cc1cccc(Br)c1)C(C)C(=O)NC(C)CC. The van der Waals surface area contributed by atoms with Crippen LogP contribution in [0, 0.1) is 0 Å². The van der Waals surface area contributed by atoms with E-state index in [1.165, 1.54) is 0 Å². The maximum absolute atomic E-state index is 12.3. The van der Waals surface area contributed by atoms with Crippen LogP contribution in [-0.2, 0) is 16.1 Å². The molecule has 0 aromatic heterocycles. The summed E-state index contributed by atoms with van der Waals surface area (Å²) in [5, 5.41) is 2.94. The number of hydrogen-bond donors (Lipinski definition) is 1. The first kappa shape index (κ1) is 18.7. The van der Waals surface area contributed by atoms with E-state index in [4.69, 9.17) is 0 Å². The minimum absolute atomic E-state index is 0.0215. The zero-order chi connectivity index (χ0) is 16.7. The molecule has 1 aromatic carbocycles. The topological polar surface area (TPSA) is 49.4 Å². The van der Waals surface area contributed by atoms with Gasteiger partial charge in [0.1, 0.15) is 6.04 Å². The molecule has 0 radical (unpaired) electrons. The third kappa shape index (κ3) is 5.44. The first-order valence-corrected chi connectivity index (χ1v) is 8.52. The quantitative estimate of drug-likeness (QED) is 0.800. The minimum atomic E-state index is -0.486. The van der Waals surface area contributed by atoms with Crippen LogP contribution in [0.15, 0.2) is 28.7 Å². The van der Waals surface area contributed by atoms with E-state index in [1.807, 2.05) is 45.0 Å². The summed E-state index contributed by atoms with van der Waals surface area (Å²) < 4.78 is 0.964. The van der Waals surface area contributed by atoms with Crippen molar-refractivity contribution in [2.45, 2.75) is 59.2 Å². The number of rotatable bonds is 7. The summed E-state index contributed by atoms with van der Waals surface area (Å²) in [5.41, 5.74) is 0.999. The molecule has 2 atom stereocenters. The second kappa shape index (κ2) is 8.93. The maximum atomic E-state index is 12.3. The standard InChI is InChI=1S/C17H25BrN2O2/c1-5-12(3)19-17(22)13(4)20(16(21)6-2)11-14-8-7-9-15(18)10-14/h7-10,12-13H,5-6,11H2,1-4H3,(H,19,22). The van der Waals surface area contributed by atoms with E-state index in [-0.39, 0.29) is 17.9 Å². The molecule has 1 N–H and O–H groups in total. The van der Waals surface area contributed by atoms with Gasteiger partial charge in [0.25, 0.3) is 0 Å². The summed E-state index contributed by atoms with van der Waals surface area (Å²) in [4.78, 5) is 26.2. The molecule has 0 saturated carbocycles. The lowest BCUT2D eigenvalue weighted by molar-refractivity contribution is -0.140. The van der Waals surface area contributed by atoms with Crippen molar-refractivity contribution in [3.63, 3.8) is 0 Å². The van der Waals surface area contributed by atoms with Crippen molar-refractivity contribution >= 4 is 27.7 Å². The van der Waals surface area contributed by atoms with Crippen LogP contribution >= 0.6 is 15.9 Å². The Morgan fingerprint density at radius 1 is 1.27 bits per heavy atom. The van der Waals surface area contributed by atoms with Gasteiger partial charge in [-0.1, -0.05) is 41.9 Å². The van der Waals surface area contributed by atoms with Crippen LogP contribution in [0.2, 0.25) is 0 Å². The third-order valence-corrected chi connectivity index (χ3v) is 4.21. The van der Waals surface area contributed by atoms with Crippen molar-refractivity contribution < 1.29 is 9.59 Å². The lowest BCUT2D eigenvalue weighted by Gasteiger charge is -2.29. The molecule has 0 fully saturated rings. The van der Waals surface area contributed by atoms with Crippen LogP contribution in [0.3, 0.4) is 0 Å². The molecule has 0 aliphatic carbocycles. The van der Waals surface area contributed by atoms with E-state index in [0.29, 0.717) is 13.0 Å². The zero-order valence-electron chi connectivity index (χ0n) is 13.7. The minimum Gasteiger partial charge on any atom is -0.352 e. The lowest BCUT2D eigenvalue weighted by atomic mass is 10.1. The molecule has 5 heteroatoms. The zero-order valence-corrected chi connectivity index (χ0v) is 15.3. The van der Waals surface area contributed by atoms with Crippen LogP contribution in [0.4, 0.5) is 0 Å². The Morgan fingerprint density at radius 2 is 1.95 bits per heavy atom. The van der Waals surface area contributed by atoms with Crippen LogP contribution in [0.25, 0.3) is 0 Å². The Hall–Kier alpha value is -1.36. The van der Waals surface area contributed by atoms with E-state index in [9.17, 15) is 9.59 Å². The number of hydrogen-bond acceptors (Lipinski definition) is 2. The average Bonchev–Trinajstić information content (AvgIpc) is 2.51. The highest BCUT2D eigenvalue weighted by Gasteiger charge is 2.25. The molecule has 0 spiro atoms. The number of carbonyl (C=O) groups excluding carboxylic acids is 2. The van der Waals surface area contributed by atoms with Crippen molar-refractivity contribution in [1.29, 1.82) is 0 Å². The highest BCUT2D eigenvalue weighted by atomic mass is 79.9. The molecule has 122 valence electrons. The van der Waals surface area contributed by atoms with Gasteiger partial charge in [0.2, 0.25) is 11.8 Å². The Labute approximate surface area is 141 Å². The highest BCUT2D eigenvalue weighted by Crippen LogP contribution is 2.16. The van der Waals surface area contributed by atoms with Crippen LogP contribution in [-0.4, -0.2) is 28.8 Å². The van der Waals surface area contributed by atoms with E-state index in [0.717, 1.165) is 16.5 Å². The molecular weight excluding hydrogens is 344 g/mol. The van der Waals surface area contributed by atoms with Gasteiger partial charge in [0.15, 0.2) is 0 Å². The molecule has 1 rings (SSSR count). The number of carbonyl (C=O) groups is 2. The Bertz CT molecular complexity index is 519. The second-order valence-electron chi connectivity index (χ2n) is 5.50. The normalized spacial score (nSPS) is 13.3. The Morgan fingerprint density at radius 3 is 2.50 bits per heavy atom.